The van der Waals surface area contributed by atoms with E-state index in [1.807, 2.05) is 0 Å². The van der Waals surface area contributed by atoms with Crippen LogP contribution in [0.5, 0.6) is 0 Å². The molecule has 0 saturated heterocycles. The van der Waals surface area contributed by atoms with E-state index < -0.39 is 52.4 Å². The van der Waals surface area contributed by atoms with Crippen LogP contribution in [0.25, 0.3) is 0 Å². The predicted molar refractivity (Wildman–Crippen MR) is 102 cm³/mol. The molecule has 0 bridgehead atoms. The summed E-state index contributed by atoms with van der Waals surface area (Å²) in [5.41, 5.74) is -6.48. The molecule has 0 spiro atoms. The van der Waals surface area contributed by atoms with Crippen LogP contribution in [-0.4, -0.2) is 37.3 Å². The summed E-state index contributed by atoms with van der Waals surface area (Å²) in [6.45, 7) is 1.44. The molecule has 0 fully saturated rings. The van der Waals surface area contributed by atoms with Gasteiger partial charge in [-0.15, -0.1) is 11.8 Å². The number of thioether (sulfide) groups is 1. The Hall–Kier alpha value is -2.38. The summed E-state index contributed by atoms with van der Waals surface area (Å²) in [7, 11) is 1.34. The maximum atomic E-state index is 13.4. The zero-order chi connectivity index (χ0) is 24.5. The van der Waals surface area contributed by atoms with Crippen molar-refractivity contribution >= 4 is 35.3 Å². The molecule has 0 aromatic heterocycles. The van der Waals surface area contributed by atoms with Gasteiger partial charge in [0.15, 0.2) is 0 Å². The van der Waals surface area contributed by atoms with E-state index in [2.05, 4.69) is 15.6 Å². The van der Waals surface area contributed by atoms with Gasteiger partial charge < -0.3 is 10.6 Å². The van der Waals surface area contributed by atoms with Crippen LogP contribution in [0.2, 0.25) is 0 Å². The summed E-state index contributed by atoms with van der Waals surface area (Å²) >= 11 is 0.561. The summed E-state index contributed by atoms with van der Waals surface area (Å²) in [5.74, 6) is -1.22. The van der Waals surface area contributed by atoms with E-state index in [0.717, 1.165) is 12.1 Å². The fourth-order valence-electron chi connectivity index (χ4n) is 2.84. The van der Waals surface area contributed by atoms with Gasteiger partial charge in [-0.1, -0.05) is 6.92 Å². The predicted octanol–water partition coefficient (Wildman–Crippen LogP) is 6.24. The first-order valence-electron chi connectivity index (χ1n) is 8.82. The highest BCUT2D eigenvalue weighted by Crippen LogP contribution is 2.55. The van der Waals surface area contributed by atoms with Gasteiger partial charge in [0, 0.05) is 24.6 Å². The molecular formula is C18H16F9N3OS. The number of hydrogen-bond donors (Lipinski definition) is 2. The number of nitrogens with one attached hydrogen (secondary N) is 2. The molecule has 1 aromatic rings. The van der Waals surface area contributed by atoms with E-state index in [1.165, 1.54) is 14.0 Å². The number of anilines is 2. The van der Waals surface area contributed by atoms with Gasteiger partial charge in [-0.25, -0.2) is 0 Å². The maximum Gasteiger partial charge on any atom is 0.416 e. The number of aliphatic imine (C=N–C) groups is 1. The fourth-order valence-corrected chi connectivity index (χ4v) is 3.80. The first-order chi connectivity index (χ1) is 14.6. The van der Waals surface area contributed by atoms with Gasteiger partial charge in [0.05, 0.1) is 16.9 Å². The van der Waals surface area contributed by atoms with Crippen molar-refractivity contribution in [1.82, 2.24) is 0 Å². The minimum Gasteiger partial charge on any atom is -0.386 e. The molecule has 178 valence electrons. The quantitative estimate of drug-likeness (QED) is 0.478. The van der Waals surface area contributed by atoms with Crippen molar-refractivity contribution in [2.45, 2.75) is 31.9 Å². The van der Waals surface area contributed by atoms with Crippen molar-refractivity contribution in [2.24, 2.45) is 10.4 Å². The van der Waals surface area contributed by atoms with E-state index in [-0.39, 0.29) is 23.3 Å². The Labute approximate surface area is 180 Å². The normalized spacial score (nSPS) is 16.8. The molecule has 2 rings (SSSR count). The number of rotatable bonds is 5. The molecule has 4 nitrogen and oxygen atoms in total. The molecule has 1 aromatic carbocycles. The van der Waals surface area contributed by atoms with Crippen molar-refractivity contribution < 1.29 is 44.3 Å². The zero-order valence-corrected chi connectivity index (χ0v) is 17.2. The summed E-state index contributed by atoms with van der Waals surface area (Å²) < 4.78 is 119. The number of carbonyl (C=O) groups excluding carboxylic acids is 1. The smallest absolute Gasteiger partial charge is 0.386 e. The van der Waals surface area contributed by atoms with Gasteiger partial charge in [0.25, 0.3) is 5.91 Å². The molecule has 0 radical (unpaired) electrons. The van der Waals surface area contributed by atoms with Gasteiger partial charge in [0.1, 0.15) is 5.70 Å². The molecule has 0 unspecified atom stereocenters. The number of amides is 1. The van der Waals surface area contributed by atoms with Crippen LogP contribution in [0.15, 0.2) is 33.8 Å². The highest BCUT2D eigenvalue weighted by atomic mass is 32.2. The van der Waals surface area contributed by atoms with Gasteiger partial charge in [0.2, 0.25) is 5.41 Å². The lowest BCUT2D eigenvalue weighted by Crippen LogP contribution is -2.52. The molecule has 2 N–H and O–H groups in total. The number of alkyl halides is 9. The topological polar surface area (TPSA) is 53.5 Å². The minimum absolute atomic E-state index is 0.0265. The van der Waals surface area contributed by atoms with Crippen molar-refractivity contribution in [3.8, 4) is 0 Å². The maximum absolute atomic E-state index is 13.4. The van der Waals surface area contributed by atoms with E-state index in [0.29, 0.717) is 17.8 Å². The average Bonchev–Trinajstić information content (AvgIpc) is 2.65. The van der Waals surface area contributed by atoms with Crippen LogP contribution >= 0.6 is 11.8 Å². The first-order valence-corrected chi connectivity index (χ1v) is 9.81. The Balaban J connectivity index is 2.49. The van der Waals surface area contributed by atoms with Gasteiger partial charge in [-0.2, -0.15) is 39.5 Å². The molecule has 1 aliphatic heterocycles. The van der Waals surface area contributed by atoms with Crippen molar-refractivity contribution in [3.63, 3.8) is 0 Å². The number of carbonyl (C=O) groups is 1. The molecule has 32 heavy (non-hydrogen) atoms. The van der Waals surface area contributed by atoms with Crippen LogP contribution in [0.4, 0.5) is 50.9 Å². The average molecular weight is 493 g/mol. The number of benzene rings is 1. The third kappa shape index (κ3) is 4.99. The second kappa shape index (κ2) is 8.87. The number of halogens is 9. The summed E-state index contributed by atoms with van der Waals surface area (Å²) in [6.07, 6.45) is -18.2. The Kier molecular flexibility index (Phi) is 7.17. The third-order valence-corrected chi connectivity index (χ3v) is 5.50. The summed E-state index contributed by atoms with van der Waals surface area (Å²) in [6, 6.07) is 2.33. The number of hydrogen-bond acceptors (Lipinski definition) is 4. The molecule has 14 heteroatoms. The second-order valence-electron chi connectivity index (χ2n) is 6.57. The summed E-state index contributed by atoms with van der Waals surface area (Å²) in [5, 5.41) is 4.62. The van der Waals surface area contributed by atoms with Crippen LogP contribution in [0, 0.1) is 5.41 Å². The fraction of sp³-hybridized carbons (Fsp3) is 0.444. The lowest BCUT2D eigenvalue weighted by molar-refractivity contribution is -0.309. The largest absolute Gasteiger partial charge is 0.416 e. The van der Waals surface area contributed by atoms with E-state index >= 15 is 0 Å². The third-order valence-electron chi connectivity index (χ3n) is 4.53. The SMILES string of the molecule is CCSC1=C(C(=O)Nc2cc(C(F)(F)F)ccc2NC)N=CC(C(F)(F)F)(C(F)(F)F)C1. The number of nitrogens with zero attached hydrogens (tertiary/aromatic N) is 1. The van der Waals surface area contributed by atoms with Gasteiger partial charge in [-0.05, 0) is 24.0 Å². The molecular weight excluding hydrogens is 477 g/mol. The molecule has 0 saturated carbocycles. The highest BCUT2D eigenvalue weighted by Gasteiger charge is 2.70. The van der Waals surface area contributed by atoms with Gasteiger partial charge >= 0.3 is 18.5 Å². The van der Waals surface area contributed by atoms with E-state index in [1.54, 1.807) is 0 Å². The number of allylic oxidation sites excluding steroid dienone is 1. The lowest BCUT2D eigenvalue weighted by Gasteiger charge is -2.36. The molecule has 1 aliphatic rings. The Morgan fingerprint density at radius 1 is 1.06 bits per heavy atom. The summed E-state index contributed by atoms with van der Waals surface area (Å²) in [4.78, 5) is 15.2. The van der Waals surface area contributed by atoms with Crippen LogP contribution in [-0.2, 0) is 11.0 Å². The molecule has 1 amide bonds. The Morgan fingerprint density at radius 2 is 1.66 bits per heavy atom. The van der Waals surface area contributed by atoms with Crippen molar-refractivity contribution in [1.29, 1.82) is 0 Å². The van der Waals surface area contributed by atoms with Crippen molar-refractivity contribution in [3.05, 3.63) is 34.4 Å². The van der Waals surface area contributed by atoms with Crippen LogP contribution in [0.1, 0.15) is 18.9 Å². The Morgan fingerprint density at radius 3 is 2.12 bits per heavy atom. The highest BCUT2D eigenvalue weighted by molar-refractivity contribution is 8.03. The zero-order valence-electron chi connectivity index (χ0n) is 16.4. The molecule has 1 heterocycles. The molecule has 0 aliphatic carbocycles. The first kappa shape index (κ1) is 25.9. The lowest BCUT2D eigenvalue weighted by atomic mass is 9.82. The van der Waals surface area contributed by atoms with Crippen LogP contribution in [0.3, 0.4) is 0 Å². The van der Waals surface area contributed by atoms with E-state index in [4.69, 9.17) is 0 Å². The Bertz CT molecular complexity index is 919. The van der Waals surface area contributed by atoms with E-state index in [9.17, 15) is 44.3 Å². The minimum atomic E-state index is -5.74. The van der Waals surface area contributed by atoms with Gasteiger partial charge in [-0.3, -0.25) is 9.79 Å². The second-order valence-corrected chi connectivity index (χ2v) is 7.93. The van der Waals surface area contributed by atoms with Crippen LogP contribution < -0.4 is 10.6 Å². The monoisotopic (exact) mass is 493 g/mol. The standard InChI is InChI=1S/C18H16F9N3OS/c1-3-32-12-7-15(17(22,23)24,18(25,26)27)8-29-13(12)14(31)30-11-6-9(16(19,20)21)4-5-10(11)28-2/h4-6,8,28H,3,7H2,1-2H3,(H,30,31). The molecule has 0 atom stereocenters. The van der Waals surface area contributed by atoms with Crippen molar-refractivity contribution in [2.75, 3.05) is 23.4 Å².